The second-order valence-electron chi connectivity index (χ2n) is 6.48. The number of rotatable bonds is 12. The van der Waals surface area contributed by atoms with Crippen molar-refractivity contribution >= 4 is 27.8 Å². The first-order valence-corrected chi connectivity index (χ1v) is 10.9. The van der Waals surface area contributed by atoms with Crippen LogP contribution in [0.4, 0.5) is 0 Å². The number of benzene rings is 2. The lowest BCUT2D eigenvalue weighted by Gasteiger charge is -2.11. The molecule has 0 aliphatic rings. The Morgan fingerprint density at radius 2 is 1.74 bits per heavy atom. The summed E-state index contributed by atoms with van der Waals surface area (Å²) in [4.78, 5) is 34.1. The molecule has 2 rings (SSSR count). The van der Waals surface area contributed by atoms with Crippen LogP contribution < -0.4 is 14.2 Å². The Balaban J connectivity index is 1.93. The second-order valence-corrected chi connectivity index (χ2v) is 7.27. The largest absolute Gasteiger partial charge is 0.494 e. The first-order chi connectivity index (χ1) is 15.1. The van der Waals surface area contributed by atoms with Gasteiger partial charge in [-0.3, -0.25) is 4.80 Å². The molecule has 3 radical (unpaired) electrons. The van der Waals surface area contributed by atoms with Crippen molar-refractivity contribution in [2.75, 3.05) is 20.8 Å². The molecule has 0 aliphatic heterocycles. The molecule has 2 aromatic carbocycles. The van der Waals surface area contributed by atoms with E-state index in [-0.39, 0.29) is 15.5 Å². The molecule has 8 heteroatoms. The Hall–Kier alpha value is -3.10. The molecule has 2 aromatic rings. The van der Waals surface area contributed by atoms with Gasteiger partial charge in [-0.2, -0.15) is 0 Å². The summed E-state index contributed by atoms with van der Waals surface area (Å²) in [7, 11) is 2.53. The molecular formula is C23H25O7Si. The van der Waals surface area contributed by atoms with Crippen molar-refractivity contribution < 1.29 is 33.3 Å². The number of hydrogen-bond donors (Lipinski definition) is 0. The van der Waals surface area contributed by atoms with Crippen LogP contribution in [0.5, 0.6) is 17.2 Å². The maximum atomic E-state index is 12.5. The lowest BCUT2D eigenvalue weighted by atomic mass is 10.2. The summed E-state index contributed by atoms with van der Waals surface area (Å²) in [5.41, 5.74) is 1.07. The van der Waals surface area contributed by atoms with Gasteiger partial charge in [0.2, 0.25) is 0 Å². The fraction of sp³-hybridized carbons (Fsp3) is 0.304. The van der Waals surface area contributed by atoms with Crippen LogP contribution in [0.25, 0.3) is 6.08 Å². The van der Waals surface area contributed by atoms with E-state index >= 15 is 0 Å². The normalized spacial score (nSPS) is 10.7. The summed E-state index contributed by atoms with van der Waals surface area (Å²) < 4.78 is 21.0. The zero-order valence-electron chi connectivity index (χ0n) is 17.6. The molecule has 0 unspecified atom stereocenters. The van der Waals surface area contributed by atoms with Gasteiger partial charge in [0.05, 0.1) is 26.4 Å². The Labute approximate surface area is 184 Å². The van der Waals surface area contributed by atoms with Crippen molar-refractivity contribution in [1.29, 1.82) is 0 Å². The fourth-order valence-corrected chi connectivity index (χ4v) is 3.01. The van der Waals surface area contributed by atoms with Gasteiger partial charge in [0.25, 0.3) is 9.76 Å². The van der Waals surface area contributed by atoms with E-state index < -0.39 is 11.9 Å². The molecule has 0 heterocycles. The maximum Gasteiger partial charge on any atom is 0.343 e. The minimum Gasteiger partial charge on any atom is -0.494 e. The van der Waals surface area contributed by atoms with E-state index in [9.17, 15) is 14.4 Å². The highest BCUT2D eigenvalue weighted by Gasteiger charge is 2.13. The van der Waals surface area contributed by atoms with E-state index in [1.165, 1.54) is 20.3 Å². The quantitative estimate of drug-likeness (QED) is 0.162. The molecule has 0 N–H and O–H groups in total. The molecule has 0 fully saturated rings. The van der Waals surface area contributed by atoms with Crippen LogP contribution >= 0.6 is 0 Å². The Bertz CT molecular complexity index is 878. The van der Waals surface area contributed by atoms with Crippen molar-refractivity contribution in [1.82, 2.24) is 0 Å². The summed E-state index contributed by atoms with van der Waals surface area (Å²) in [6, 6.07) is 12.4. The molecule has 0 atom stereocenters. The fourth-order valence-electron chi connectivity index (χ4n) is 2.62. The molecule has 0 amide bonds. The Morgan fingerprint density at radius 1 is 0.968 bits per heavy atom. The first kappa shape index (κ1) is 24.2. The molecule has 0 aromatic heterocycles. The molecule has 0 bridgehead atoms. The molecule has 163 valence electrons. The van der Waals surface area contributed by atoms with Crippen LogP contribution in [0, 0.1) is 0 Å². The molecule has 0 saturated carbocycles. The van der Waals surface area contributed by atoms with Gasteiger partial charge in [-0.15, -0.1) is 0 Å². The standard InChI is InChI=1S/C23H25O7Si/c1-27-21-16-17(7-13-22(24)28-2)6-12-20(21)30-23(25)18-8-10-19(11-9-18)29-14-4-3-5-15-31-26/h6-13,16H,3-5,14-15H2,1-2H3/b13-7+. The number of unbranched alkanes of at least 4 members (excludes halogenated alkanes) is 2. The summed E-state index contributed by atoms with van der Waals surface area (Å²) in [5, 5.41) is 0. The van der Waals surface area contributed by atoms with Gasteiger partial charge in [0.1, 0.15) is 5.75 Å². The third-order valence-corrected chi connectivity index (χ3v) is 4.84. The third kappa shape index (κ3) is 8.27. The number of methoxy groups -OCH3 is 2. The number of carbonyl (C=O) groups is 2. The molecule has 0 aliphatic carbocycles. The van der Waals surface area contributed by atoms with E-state index in [1.54, 1.807) is 48.5 Å². The molecule has 31 heavy (non-hydrogen) atoms. The van der Waals surface area contributed by atoms with Gasteiger partial charge in [-0.1, -0.05) is 18.9 Å². The molecule has 7 nitrogen and oxygen atoms in total. The van der Waals surface area contributed by atoms with Gasteiger partial charge >= 0.3 is 11.9 Å². The summed E-state index contributed by atoms with van der Waals surface area (Å²) in [6.45, 7) is 0.569. The summed E-state index contributed by atoms with van der Waals surface area (Å²) >= 11 is 0. The number of hydrogen-bond acceptors (Lipinski definition) is 6. The van der Waals surface area contributed by atoms with Crippen molar-refractivity contribution in [3.63, 3.8) is 0 Å². The van der Waals surface area contributed by atoms with Crippen molar-refractivity contribution in [2.24, 2.45) is 0 Å². The molecular weight excluding hydrogens is 416 g/mol. The van der Waals surface area contributed by atoms with Crippen LogP contribution in [0.15, 0.2) is 48.5 Å². The predicted molar refractivity (Wildman–Crippen MR) is 116 cm³/mol. The van der Waals surface area contributed by atoms with Crippen LogP contribution in [-0.2, 0) is 14.3 Å². The zero-order valence-corrected chi connectivity index (χ0v) is 18.6. The minimum atomic E-state index is -0.527. The summed E-state index contributed by atoms with van der Waals surface area (Å²) in [6.07, 6.45) is 5.65. The number of carbonyl (C=O) groups excluding carboxylic acids is 2. The van der Waals surface area contributed by atoms with Gasteiger partial charge in [0, 0.05) is 6.08 Å². The van der Waals surface area contributed by atoms with E-state index in [1.807, 2.05) is 0 Å². The lowest BCUT2D eigenvalue weighted by Crippen LogP contribution is -2.09. The Morgan fingerprint density at radius 3 is 2.42 bits per heavy atom. The van der Waals surface area contributed by atoms with Gasteiger partial charge in [-0.05, 0) is 60.5 Å². The van der Waals surface area contributed by atoms with Crippen molar-refractivity contribution in [2.45, 2.75) is 25.3 Å². The maximum absolute atomic E-state index is 12.5. The topological polar surface area (TPSA) is 91.0 Å². The smallest absolute Gasteiger partial charge is 0.343 e. The SMILES string of the molecule is COC(=O)/C=C/c1ccc(OC(=O)c2ccc(OCCCCC[Si][O])cc2)c(OC)c1. The lowest BCUT2D eigenvalue weighted by molar-refractivity contribution is -0.134. The van der Waals surface area contributed by atoms with Crippen LogP contribution in [0.1, 0.15) is 35.2 Å². The molecule has 0 spiro atoms. The van der Waals surface area contributed by atoms with E-state index in [0.717, 1.165) is 25.3 Å². The monoisotopic (exact) mass is 441 g/mol. The minimum absolute atomic E-state index is 0.238. The average Bonchev–Trinajstić information content (AvgIpc) is 2.80. The van der Waals surface area contributed by atoms with E-state index in [2.05, 4.69) is 4.74 Å². The Kier molecular flexibility index (Phi) is 10.3. The van der Waals surface area contributed by atoms with Crippen LogP contribution in [0.2, 0.25) is 6.04 Å². The van der Waals surface area contributed by atoms with Crippen LogP contribution in [0.3, 0.4) is 0 Å². The zero-order chi connectivity index (χ0) is 22.5. The number of esters is 2. The van der Waals surface area contributed by atoms with Gasteiger partial charge < -0.3 is 18.9 Å². The average molecular weight is 442 g/mol. The van der Waals surface area contributed by atoms with Crippen molar-refractivity contribution in [3.8, 4) is 17.2 Å². The van der Waals surface area contributed by atoms with E-state index in [0.29, 0.717) is 29.2 Å². The van der Waals surface area contributed by atoms with Crippen molar-refractivity contribution in [3.05, 3.63) is 59.7 Å². The second kappa shape index (κ2) is 13.3. The number of ether oxygens (including phenoxy) is 4. The van der Waals surface area contributed by atoms with Crippen LogP contribution in [-0.4, -0.2) is 42.5 Å². The highest BCUT2D eigenvalue weighted by molar-refractivity contribution is 6.24. The first-order valence-electron chi connectivity index (χ1n) is 9.81. The summed E-state index contributed by atoms with van der Waals surface area (Å²) in [5.74, 6) is 0.295. The molecule has 0 saturated heterocycles. The third-order valence-electron chi connectivity index (χ3n) is 4.29. The van der Waals surface area contributed by atoms with Gasteiger partial charge in [0.15, 0.2) is 11.5 Å². The van der Waals surface area contributed by atoms with Gasteiger partial charge in [-0.25, -0.2) is 9.59 Å². The predicted octanol–water partition coefficient (Wildman–Crippen LogP) is 4.12. The highest BCUT2D eigenvalue weighted by Crippen LogP contribution is 2.29. The van der Waals surface area contributed by atoms with E-state index in [4.69, 9.17) is 14.2 Å². The highest BCUT2D eigenvalue weighted by atomic mass is 28.2.